The standard InChI is InChI=1S/C9H17NO3/c1-8(2,3)9(7(11)12)6-13-5-4-10-9/h10H,4-6H2,1-3H3,(H,11,12). The molecule has 1 aliphatic rings. The maximum Gasteiger partial charge on any atom is 0.326 e. The summed E-state index contributed by atoms with van der Waals surface area (Å²) in [5, 5.41) is 12.2. The van der Waals surface area contributed by atoms with E-state index < -0.39 is 11.5 Å². The Labute approximate surface area is 78.3 Å². The van der Waals surface area contributed by atoms with Crippen molar-refractivity contribution in [2.45, 2.75) is 26.3 Å². The minimum Gasteiger partial charge on any atom is -0.480 e. The zero-order valence-electron chi connectivity index (χ0n) is 8.39. The first kappa shape index (κ1) is 10.5. The van der Waals surface area contributed by atoms with Gasteiger partial charge in [0.2, 0.25) is 0 Å². The van der Waals surface area contributed by atoms with Crippen LogP contribution >= 0.6 is 0 Å². The van der Waals surface area contributed by atoms with Gasteiger partial charge in [0.05, 0.1) is 13.2 Å². The topological polar surface area (TPSA) is 58.6 Å². The molecule has 0 aromatic heterocycles. The van der Waals surface area contributed by atoms with Crippen molar-refractivity contribution in [2.75, 3.05) is 19.8 Å². The van der Waals surface area contributed by atoms with Gasteiger partial charge in [-0.05, 0) is 5.41 Å². The lowest BCUT2D eigenvalue weighted by Crippen LogP contribution is -2.66. The third kappa shape index (κ3) is 1.69. The average Bonchev–Trinajstić information content (AvgIpc) is 2.03. The van der Waals surface area contributed by atoms with Gasteiger partial charge in [-0.3, -0.25) is 10.1 Å². The molecule has 0 spiro atoms. The Bertz CT molecular complexity index is 201. The molecule has 0 aromatic rings. The van der Waals surface area contributed by atoms with Gasteiger partial charge in [-0.15, -0.1) is 0 Å². The molecule has 1 rings (SSSR count). The molecule has 0 radical (unpaired) electrons. The third-order valence-electron chi connectivity index (χ3n) is 2.64. The lowest BCUT2D eigenvalue weighted by atomic mass is 9.73. The SMILES string of the molecule is CC(C)(C)C1(C(=O)O)COCCN1. The monoisotopic (exact) mass is 187 g/mol. The molecule has 4 heteroatoms. The van der Waals surface area contributed by atoms with Crippen molar-refractivity contribution in [3.8, 4) is 0 Å². The zero-order valence-corrected chi connectivity index (χ0v) is 8.39. The number of carbonyl (C=O) groups is 1. The summed E-state index contributed by atoms with van der Waals surface area (Å²) in [6, 6.07) is 0. The molecular formula is C9H17NO3. The van der Waals surface area contributed by atoms with Crippen LogP contribution in [0.2, 0.25) is 0 Å². The number of hydrogen-bond donors (Lipinski definition) is 2. The summed E-state index contributed by atoms with van der Waals surface area (Å²) in [6.07, 6.45) is 0. The Kier molecular flexibility index (Phi) is 2.63. The largest absolute Gasteiger partial charge is 0.480 e. The number of rotatable bonds is 1. The van der Waals surface area contributed by atoms with Crippen LogP contribution in [0.4, 0.5) is 0 Å². The van der Waals surface area contributed by atoms with Crippen LogP contribution in [0, 0.1) is 5.41 Å². The lowest BCUT2D eigenvalue weighted by molar-refractivity contribution is -0.158. The van der Waals surface area contributed by atoms with Crippen molar-refractivity contribution in [2.24, 2.45) is 5.41 Å². The third-order valence-corrected chi connectivity index (χ3v) is 2.64. The van der Waals surface area contributed by atoms with Crippen LogP contribution in [0.1, 0.15) is 20.8 Å². The highest BCUT2D eigenvalue weighted by Crippen LogP contribution is 2.32. The van der Waals surface area contributed by atoms with Crippen molar-refractivity contribution in [3.63, 3.8) is 0 Å². The molecule has 1 saturated heterocycles. The minimum absolute atomic E-state index is 0.242. The Morgan fingerprint density at radius 3 is 2.38 bits per heavy atom. The summed E-state index contributed by atoms with van der Waals surface area (Å²) >= 11 is 0. The van der Waals surface area contributed by atoms with Gasteiger partial charge in [0.1, 0.15) is 5.54 Å². The molecule has 1 heterocycles. The Balaban J connectivity index is 2.93. The smallest absolute Gasteiger partial charge is 0.326 e. The molecule has 4 nitrogen and oxygen atoms in total. The second-order valence-electron chi connectivity index (χ2n) is 4.44. The minimum atomic E-state index is -0.939. The van der Waals surface area contributed by atoms with E-state index in [0.717, 1.165) is 0 Å². The van der Waals surface area contributed by atoms with Crippen LogP contribution in [-0.2, 0) is 9.53 Å². The van der Waals surface area contributed by atoms with E-state index in [-0.39, 0.29) is 12.0 Å². The Hall–Kier alpha value is -0.610. The number of carboxylic acid groups (broad SMARTS) is 1. The van der Waals surface area contributed by atoms with E-state index in [1.54, 1.807) is 0 Å². The molecule has 13 heavy (non-hydrogen) atoms. The normalized spacial score (nSPS) is 30.1. The maximum absolute atomic E-state index is 11.2. The molecule has 1 unspecified atom stereocenters. The predicted octanol–water partition coefficient (Wildman–Crippen LogP) is 0.476. The molecule has 1 aliphatic heterocycles. The van der Waals surface area contributed by atoms with Gasteiger partial charge in [-0.2, -0.15) is 0 Å². The van der Waals surface area contributed by atoms with Gasteiger partial charge in [-0.25, -0.2) is 0 Å². The fraction of sp³-hybridized carbons (Fsp3) is 0.889. The summed E-state index contributed by atoms with van der Waals surface area (Å²) < 4.78 is 5.23. The quantitative estimate of drug-likeness (QED) is 0.626. The molecule has 0 bridgehead atoms. The second kappa shape index (κ2) is 3.27. The average molecular weight is 187 g/mol. The first-order chi connectivity index (χ1) is 5.90. The summed E-state index contributed by atoms with van der Waals surface area (Å²) in [7, 11) is 0. The number of aliphatic carboxylic acids is 1. The van der Waals surface area contributed by atoms with Gasteiger partial charge in [-0.1, -0.05) is 20.8 Å². The van der Waals surface area contributed by atoms with Crippen molar-refractivity contribution >= 4 is 5.97 Å². The van der Waals surface area contributed by atoms with Gasteiger partial charge in [0.25, 0.3) is 0 Å². The number of ether oxygens (including phenoxy) is 1. The molecule has 1 atom stereocenters. The van der Waals surface area contributed by atoms with Crippen LogP contribution in [-0.4, -0.2) is 36.4 Å². The highest BCUT2D eigenvalue weighted by molar-refractivity contribution is 5.80. The molecule has 76 valence electrons. The molecule has 0 saturated carbocycles. The van der Waals surface area contributed by atoms with Crippen LogP contribution in [0.3, 0.4) is 0 Å². The molecular weight excluding hydrogens is 170 g/mol. The van der Waals surface area contributed by atoms with E-state index >= 15 is 0 Å². The number of morpholine rings is 1. The highest BCUT2D eigenvalue weighted by Gasteiger charge is 2.50. The van der Waals surface area contributed by atoms with E-state index in [2.05, 4.69) is 5.32 Å². The van der Waals surface area contributed by atoms with E-state index in [0.29, 0.717) is 13.2 Å². The number of carboxylic acids is 1. The van der Waals surface area contributed by atoms with Crippen LogP contribution < -0.4 is 5.32 Å². The first-order valence-corrected chi connectivity index (χ1v) is 4.46. The summed E-state index contributed by atoms with van der Waals surface area (Å²) in [5.74, 6) is -0.834. The first-order valence-electron chi connectivity index (χ1n) is 4.46. The van der Waals surface area contributed by atoms with Gasteiger partial charge < -0.3 is 9.84 Å². The van der Waals surface area contributed by atoms with Gasteiger partial charge in [0.15, 0.2) is 0 Å². The van der Waals surface area contributed by atoms with Gasteiger partial charge in [0, 0.05) is 6.54 Å². The zero-order chi connectivity index (χ0) is 10.1. The summed E-state index contributed by atoms with van der Waals surface area (Å²) in [6.45, 7) is 7.15. The number of nitrogens with one attached hydrogen (secondary N) is 1. The van der Waals surface area contributed by atoms with E-state index in [1.165, 1.54) is 0 Å². The molecule has 0 aliphatic carbocycles. The lowest BCUT2D eigenvalue weighted by Gasteiger charge is -2.44. The fourth-order valence-electron chi connectivity index (χ4n) is 1.55. The highest BCUT2D eigenvalue weighted by atomic mass is 16.5. The van der Waals surface area contributed by atoms with Crippen molar-refractivity contribution in [1.29, 1.82) is 0 Å². The molecule has 0 amide bonds. The van der Waals surface area contributed by atoms with Crippen molar-refractivity contribution in [1.82, 2.24) is 5.32 Å². The van der Waals surface area contributed by atoms with E-state index in [9.17, 15) is 9.90 Å². The van der Waals surface area contributed by atoms with Crippen LogP contribution in [0.5, 0.6) is 0 Å². The second-order valence-corrected chi connectivity index (χ2v) is 4.44. The van der Waals surface area contributed by atoms with E-state index in [1.807, 2.05) is 20.8 Å². The van der Waals surface area contributed by atoms with Gasteiger partial charge >= 0.3 is 5.97 Å². The van der Waals surface area contributed by atoms with E-state index in [4.69, 9.17) is 4.74 Å². The van der Waals surface area contributed by atoms with Crippen molar-refractivity contribution in [3.05, 3.63) is 0 Å². The number of hydrogen-bond acceptors (Lipinski definition) is 3. The van der Waals surface area contributed by atoms with Crippen molar-refractivity contribution < 1.29 is 14.6 Å². The Morgan fingerprint density at radius 2 is 2.15 bits per heavy atom. The Morgan fingerprint density at radius 1 is 1.54 bits per heavy atom. The predicted molar refractivity (Wildman–Crippen MR) is 48.6 cm³/mol. The molecule has 1 fully saturated rings. The summed E-state index contributed by atoms with van der Waals surface area (Å²) in [5.41, 5.74) is -1.29. The van der Waals surface area contributed by atoms with Crippen LogP contribution in [0.15, 0.2) is 0 Å². The fourth-order valence-corrected chi connectivity index (χ4v) is 1.55. The van der Waals surface area contributed by atoms with Crippen LogP contribution in [0.25, 0.3) is 0 Å². The summed E-state index contributed by atoms with van der Waals surface area (Å²) in [4.78, 5) is 11.2. The molecule has 2 N–H and O–H groups in total. The maximum atomic E-state index is 11.2. The molecule has 0 aromatic carbocycles.